The van der Waals surface area contributed by atoms with E-state index in [-0.39, 0.29) is 12.0 Å². The third-order valence-corrected chi connectivity index (χ3v) is 4.33. The zero-order valence-corrected chi connectivity index (χ0v) is 13.8. The molecule has 122 valence electrons. The molecule has 1 amide bonds. The third-order valence-electron chi connectivity index (χ3n) is 4.33. The van der Waals surface area contributed by atoms with Gasteiger partial charge in [0.1, 0.15) is 0 Å². The second-order valence-electron chi connectivity index (χ2n) is 6.03. The number of piperidine rings is 1. The molecular formula is C18H28N2O2. The number of hydrogen-bond acceptors (Lipinski definition) is 3. The fourth-order valence-electron chi connectivity index (χ4n) is 2.96. The summed E-state index contributed by atoms with van der Waals surface area (Å²) in [5.41, 5.74) is 1.88. The van der Waals surface area contributed by atoms with E-state index < -0.39 is 0 Å². The van der Waals surface area contributed by atoms with Crippen molar-refractivity contribution in [3.8, 4) is 0 Å². The first-order chi connectivity index (χ1) is 10.7. The van der Waals surface area contributed by atoms with Crippen molar-refractivity contribution in [1.82, 2.24) is 4.90 Å². The molecular weight excluding hydrogens is 276 g/mol. The zero-order valence-electron chi connectivity index (χ0n) is 13.8. The molecule has 0 aromatic heterocycles. The predicted octanol–water partition coefficient (Wildman–Crippen LogP) is 2.91. The number of benzene rings is 1. The van der Waals surface area contributed by atoms with Crippen LogP contribution in [-0.4, -0.2) is 48.2 Å². The molecule has 0 radical (unpaired) electrons. The van der Waals surface area contributed by atoms with Crippen LogP contribution in [0.15, 0.2) is 24.3 Å². The fourth-order valence-corrected chi connectivity index (χ4v) is 2.96. The number of anilines is 1. The van der Waals surface area contributed by atoms with Crippen molar-refractivity contribution < 1.29 is 9.90 Å². The Bertz CT molecular complexity index is 472. The minimum atomic E-state index is -0.374. The molecule has 22 heavy (non-hydrogen) atoms. The van der Waals surface area contributed by atoms with Gasteiger partial charge in [0.15, 0.2) is 0 Å². The number of aliphatic hydroxyl groups excluding tert-OH is 1. The van der Waals surface area contributed by atoms with Gasteiger partial charge < -0.3 is 14.9 Å². The van der Waals surface area contributed by atoms with E-state index in [2.05, 4.69) is 18.7 Å². The lowest BCUT2D eigenvalue weighted by Crippen LogP contribution is -2.42. The molecule has 1 heterocycles. The zero-order chi connectivity index (χ0) is 15.9. The van der Waals surface area contributed by atoms with Crippen molar-refractivity contribution in [3.63, 3.8) is 0 Å². The first kappa shape index (κ1) is 16.8. The Morgan fingerprint density at radius 2 is 2.05 bits per heavy atom. The number of likely N-dealkylation sites (tertiary alicyclic amines) is 1. The summed E-state index contributed by atoms with van der Waals surface area (Å²) in [7, 11) is 0. The highest BCUT2D eigenvalue weighted by atomic mass is 16.3. The van der Waals surface area contributed by atoms with E-state index in [0.29, 0.717) is 12.1 Å². The number of hydrogen-bond donors (Lipinski definition) is 1. The maximum Gasteiger partial charge on any atom is 0.253 e. The largest absolute Gasteiger partial charge is 0.391 e. The Morgan fingerprint density at radius 3 is 2.64 bits per heavy atom. The van der Waals surface area contributed by atoms with Crippen LogP contribution in [0, 0.1) is 0 Å². The van der Waals surface area contributed by atoms with Crippen LogP contribution in [-0.2, 0) is 0 Å². The second kappa shape index (κ2) is 8.18. The topological polar surface area (TPSA) is 43.8 Å². The highest BCUT2D eigenvalue weighted by Crippen LogP contribution is 2.18. The van der Waals surface area contributed by atoms with Crippen LogP contribution >= 0.6 is 0 Å². The van der Waals surface area contributed by atoms with E-state index in [1.807, 2.05) is 24.3 Å². The summed E-state index contributed by atoms with van der Waals surface area (Å²) in [6.45, 7) is 7.59. The van der Waals surface area contributed by atoms with Crippen LogP contribution in [0.25, 0.3) is 0 Å². The first-order valence-corrected chi connectivity index (χ1v) is 8.48. The molecule has 4 heteroatoms. The van der Waals surface area contributed by atoms with Gasteiger partial charge in [-0.2, -0.15) is 0 Å². The Morgan fingerprint density at radius 1 is 1.32 bits per heavy atom. The summed E-state index contributed by atoms with van der Waals surface area (Å²) in [5.74, 6) is 0.0295. The first-order valence-electron chi connectivity index (χ1n) is 8.48. The Hall–Kier alpha value is -1.55. The molecule has 1 atom stereocenters. The summed E-state index contributed by atoms with van der Waals surface area (Å²) in [4.78, 5) is 16.6. The number of carbonyl (C=O) groups is 1. The summed E-state index contributed by atoms with van der Waals surface area (Å²) < 4.78 is 0. The van der Waals surface area contributed by atoms with E-state index in [0.717, 1.165) is 32.5 Å². The van der Waals surface area contributed by atoms with Crippen LogP contribution in [0.1, 0.15) is 49.9 Å². The van der Waals surface area contributed by atoms with Gasteiger partial charge in [-0.25, -0.2) is 0 Å². The van der Waals surface area contributed by atoms with Gasteiger partial charge in [0.2, 0.25) is 0 Å². The molecule has 1 fully saturated rings. The van der Waals surface area contributed by atoms with Gasteiger partial charge in [0, 0.05) is 37.4 Å². The van der Waals surface area contributed by atoms with E-state index in [1.54, 1.807) is 4.90 Å². The van der Waals surface area contributed by atoms with Gasteiger partial charge in [0.05, 0.1) is 6.10 Å². The summed E-state index contributed by atoms with van der Waals surface area (Å²) >= 11 is 0. The minimum Gasteiger partial charge on any atom is -0.391 e. The maximum atomic E-state index is 12.5. The van der Waals surface area contributed by atoms with Crippen molar-refractivity contribution >= 4 is 11.6 Å². The number of carbonyl (C=O) groups excluding carboxylic acids is 1. The van der Waals surface area contributed by atoms with Gasteiger partial charge in [-0.1, -0.05) is 13.3 Å². The molecule has 0 aliphatic carbocycles. The van der Waals surface area contributed by atoms with Crippen LogP contribution in [0.3, 0.4) is 0 Å². The van der Waals surface area contributed by atoms with Crippen molar-refractivity contribution in [3.05, 3.63) is 29.8 Å². The Balaban J connectivity index is 2.02. The van der Waals surface area contributed by atoms with Crippen molar-refractivity contribution in [2.24, 2.45) is 0 Å². The highest BCUT2D eigenvalue weighted by molar-refractivity contribution is 5.94. The molecule has 1 aromatic carbocycles. The average Bonchev–Trinajstić information content (AvgIpc) is 2.55. The number of nitrogens with zero attached hydrogens (tertiary/aromatic N) is 2. The lowest BCUT2D eigenvalue weighted by molar-refractivity contribution is 0.0474. The molecule has 1 unspecified atom stereocenters. The third kappa shape index (κ3) is 4.23. The van der Waals surface area contributed by atoms with Crippen LogP contribution in [0.4, 0.5) is 5.69 Å². The lowest BCUT2D eigenvalue weighted by Gasteiger charge is -2.30. The van der Waals surface area contributed by atoms with E-state index in [4.69, 9.17) is 0 Å². The summed E-state index contributed by atoms with van der Waals surface area (Å²) in [6, 6.07) is 7.89. The van der Waals surface area contributed by atoms with Crippen molar-refractivity contribution in [1.29, 1.82) is 0 Å². The van der Waals surface area contributed by atoms with Crippen LogP contribution < -0.4 is 4.90 Å². The van der Waals surface area contributed by atoms with Crippen LogP contribution in [0.2, 0.25) is 0 Å². The molecule has 1 aliphatic heterocycles. The molecule has 1 aliphatic rings. The quantitative estimate of drug-likeness (QED) is 0.879. The lowest BCUT2D eigenvalue weighted by atomic mass is 10.1. The number of amides is 1. The molecule has 0 saturated carbocycles. The van der Waals surface area contributed by atoms with Gasteiger partial charge in [-0.15, -0.1) is 0 Å². The number of aliphatic hydroxyl groups is 1. The maximum absolute atomic E-state index is 12.5. The molecule has 0 bridgehead atoms. The number of unbranched alkanes of at least 4 members (excludes halogenated alkanes) is 1. The Kier molecular flexibility index (Phi) is 6.25. The molecule has 1 aromatic rings. The molecule has 4 nitrogen and oxygen atoms in total. The highest BCUT2D eigenvalue weighted by Gasteiger charge is 2.23. The second-order valence-corrected chi connectivity index (χ2v) is 6.03. The van der Waals surface area contributed by atoms with E-state index in [1.165, 1.54) is 18.5 Å². The Labute approximate surface area is 133 Å². The van der Waals surface area contributed by atoms with Gasteiger partial charge in [-0.3, -0.25) is 4.79 Å². The van der Waals surface area contributed by atoms with Gasteiger partial charge in [-0.05, 0) is 50.5 Å². The average molecular weight is 304 g/mol. The molecule has 1 N–H and O–H groups in total. The smallest absolute Gasteiger partial charge is 0.253 e. The SMILES string of the molecule is CCCCN(CC)c1ccc(C(=O)N2CCCC(O)C2)cc1. The van der Waals surface area contributed by atoms with Crippen molar-refractivity contribution in [2.45, 2.75) is 45.6 Å². The van der Waals surface area contributed by atoms with Crippen molar-refractivity contribution in [2.75, 3.05) is 31.1 Å². The summed E-state index contributed by atoms with van der Waals surface area (Å²) in [5, 5.41) is 9.71. The summed E-state index contributed by atoms with van der Waals surface area (Å²) in [6.07, 6.45) is 3.67. The molecule has 2 rings (SSSR count). The molecule has 0 spiro atoms. The number of rotatable bonds is 6. The normalized spacial score (nSPS) is 18.3. The van der Waals surface area contributed by atoms with Gasteiger partial charge in [0.25, 0.3) is 5.91 Å². The number of β-amino-alcohol motifs (C(OH)–C–C–N with tert-alkyl or cyclic N) is 1. The fraction of sp³-hybridized carbons (Fsp3) is 0.611. The molecule has 1 saturated heterocycles. The van der Waals surface area contributed by atoms with E-state index >= 15 is 0 Å². The standard InChI is InChI=1S/C18H28N2O2/c1-3-5-12-19(4-2)16-10-8-15(9-11-16)18(22)20-13-6-7-17(21)14-20/h8-11,17,21H,3-7,12-14H2,1-2H3. The minimum absolute atomic E-state index is 0.0295. The van der Waals surface area contributed by atoms with Gasteiger partial charge >= 0.3 is 0 Å². The monoisotopic (exact) mass is 304 g/mol. The van der Waals surface area contributed by atoms with Crippen LogP contribution in [0.5, 0.6) is 0 Å². The predicted molar refractivity (Wildman–Crippen MR) is 90.4 cm³/mol. The van der Waals surface area contributed by atoms with E-state index in [9.17, 15) is 9.90 Å².